The topological polar surface area (TPSA) is 46.4 Å². The van der Waals surface area contributed by atoms with Gasteiger partial charge in [0.1, 0.15) is 0 Å². The van der Waals surface area contributed by atoms with Crippen molar-refractivity contribution >= 4 is 27.9 Å². The number of anilines is 1. The van der Waals surface area contributed by atoms with E-state index in [1.54, 1.807) is 28.1 Å². The zero-order valence-corrected chi connectivity index (χ0v) is 15.4. The first-order chi connectivity index (χ1) is 13.3. The van der Waals surface area contributed by atoms with Gasteiger partial charge >= 0.3 is 6.18 Å². The van der Waals surface area contributed by atoms with Crippen molar-refractivity contribution in [3.63, 3.8) is 0 Å². The molecule has 2 aromatic carbocycles. The molecule has 0 saturated carbocycles. The van der Waals surface area contributed by atoms with E-state index in [0.717, 1.165) is 17.7 Å². The van der Waals surface area contributed by atoms with Crippen LogP contribution in [0.3, 0.4) is 0 Å². The van der Waals surface area contributed by atoms with E-state index in [1.807, 2.05) is 19.1 Å². The molecule has 0 aliphatic heterocycles. The highest BCUT2D eigenvalue weighted by Crippen LogP contribution is 2.33. The summed E-state index contributed by atoms with van der Waals surface area (Å²) >= 11 is 1.34. The van der Waals surface area contributed by atoms with Gasteiger partial charge in [0.15, 0.2) is 10.7 Å². The maximum absolute atomic E-state index is 12.9. The number of aryl methyl sites for hydroxylation is 1. The molecule has 28 heavy (non-hydrogen) atoms. The molecule has 2 aromatic heterocycles. The Morgan fingerprint density at radius 3 is 2.39 bits per heavy atom. The monoisotopic (exact) mass is 401 g/mol. The predicted molar refractivity (Wildman–Crippen MR) is 103 cm³/mol. The average Bonchev–Trinajstić information content (AvgIpc) is 3.24. The van der Waals surface area contributed by atoms with Crippen molar-refractivity contribution in [3.05, 3.63) is 76.9 Å². The fourth-order valence-corrected chi connectivity index (χ4v) is 3.58. The van der Waals surface area contributed by atoms with Crippen LogP contribution in [0.5, 0.6) is 0 Å². The second-order valence-corrected chi connectivity index (χ2v) is 7.13. The number of fused-ring (bicyclic) bond motifs is 1. The van der Waals surface area contributed by atoms with Crippen molar-refractivity contribution in [2.75, 3.05) is 5.32 Å². The molecule has 0 spiro atoms. The number of nitrogens with one attached hydrogen (secondary N) is 1. The lowest BCUT2D eigenvalue weighted by Crippen LogP contribution is -2.14. The first kappa shape index (κ1) is 18.2. The van der Waals surface area contributed by atoms with E-state index in [1.165, 1.54) is 23.5 Å². The van der Waals surface area contributed by atoms with Crippen LogP contribution in [0.15, 0.2) is 60.1 Å². The number of carbonyl (C=O) groups is 1. The maximum atomic E-state index is 12.9. The summed E-state index contributed by atoms with van der Waals surface area (Å²) < 4.78 is 40.3. The molecule has 0 unspecified atom stereocenters. The van der Waals surface area contributed by atoms with Gasteiger partial charge in [0, 0.05) is 22.8 Å². The number of hydrogen-bond acceptors (Lipinski definition) is 3. The largest absolute Gasteiger partial charge is 0.416 e. The van der Waals surface area contributed by atoms with Crippen LogP contribution in [-0.4, -0.2) is 15.3 Å². The van der Waals surface area contributed by atoms with Crippen LogP contribution >= 0.6 is 11.3 Å². The smallest absolute Gasteiger partial charge is 0.321 e. The number of carbonyl (C=O) groups excluding carboxylic acids is 1. The standard InChI is InChI=1S/C20H14F3N3OS/c1-12-2-8-15(9-3-12)24-18(27)16-17(26-10-11-28-19(26)25-16)13-4-6-14(7-5-13)20(21,22)23/h2-11H,1H3,(H,24,27). The zero-order valence-electron chi connectivity index (χ0n) is 14.6. The second-order valence-electron chi connectivity index (χ2n) is 6.26. The third-order valence-corrected chi connectivity index (χ3v) is 5.03. The van der Waals surface area contributed by atoms with E-state index in [4.69, 9.17) is 0 Å². The molecule has 8 heteroatoms. The van der Waals surface area contributed by atoms with Crippen molar-refractivity contribution in [1.29, 1.82) is 0 Å². The van der Waals surface area contributed by atoms with Gasteiger partial charge in [-0.15, -0.1) is 11.3 Å². The van der Waals surface area contributed by atoms with E-state index in [9.17, 15) is 18.0 Å². The lowest BCUT2D eigenvalue weighted by Gasteiger charge is -2.09. The summed E-state index contributed by atoms with van der Waals surface area (Å²) in [6.45, 7) is 1.94. The van der Waals surface area contributed by atoms with Crippen LogP contribution in [0, 0.1) is 6.92 Å². The first-order valence-corrected chi connectivity index (χ1v) is 9.22. The molecule has 1 N–H and O–H groups in total. The van der Waals surface area contributed by atoms with Gasteiger partial charge in [-0.2, -0.15) is 13.2 Å². The van der Waals surface area contributed by atoms with Gasteiger partial charge in [0.05, 0.1) is 11.3 Å². The van der Waals surface area contributed by atoms with Crippen molar-refractivity contribution in [2.24, 2.45) is 0 Å². The number of benzene rings is 2. The van der Waals surface area contributed by atoms with Crippen molar-refractivity contribution in [1.82, 2.24) is 9.38 Å². The van der Waals surface area contributed by atoms with Gasteiger partial charge in [-0.05, 0) is 31.2 Å². The van der Waals surface area contributed by atoms with E-state index in [-0.39, 0.29) is 5.69 Å². The number of alkyl halides is 3. The number of nitrogens with zero attached hydrogens (tertiary/aromatic N) is 2. The molecule has 0 saturated heterocycles. The lowest BCUT2D eigenvalue weighted by molar-refractivity contribution is -0.137. The number of halogens is 3. The van der Waals surface area contributed by atoms with Gasteiger partial charge in [-0.3, -0.25) is 9.20 Å². The highest BCUT2D eigenvalue weighted by molar-refractivity contribution is 7.15. The molecule has 4 rings (SSSR count). The Hall–Kier alpha value is -3.13. The molecular weight excluding hydrogens is 387 g/mol. The normalized spacial score (nSPS) is 11.7. The lowest BCUT2D eigenvalue weighted by atomic mass is 10.1. The minimum Gasteiger partial charge on any atom is -0.321 e. The van der Waals surface area contributed by atoms with Crippen molar-refractivity contribution in [2.45, 2.75) is 13.1 Å². The zero-order chi connectivity index (χ0) is 19.9. The molecule has 0 fully saturated rings. The highest BCUT2D eigenvalue weighted by atomic mass is 32.1. The minimum atomic E-state index is -4.42. The number of imidazole rings is 1. The average molecular weight is 401 g/mol. The minimum absolute atomic E-state index is 0.159. The van der Waals surface area contributed by atoms with Crippen molar-refractivity contribution in [3.8, 4) is 11.3 Å². The molecule has 142 valence electrons. The molecule has 0 aliphatic carbocycles. The van der Waals surface area contributed by atoms with Crippen LogP contribution in [0.2, 0.25) is 0 Å². The Kier molecular flexibility index (Phi) is 4.43. The van der Waals surface area contributed by atoms with Gasteiger partial charge in [0.2, 0.25) is 0 Å². The number of rotatable bonds is 3. The molecule has 0 radical (unpaired) electrons. The third-order valence-electron chi connectivity index (χ3n) is 4.27. The van der Waals surface area contributed by atoms with Gasteiger partial charge in [-0.1, -0.05) is 29.8 Å². The number of aromatic nitrogens is 2. The molecule has 0 atom stereocenters. The summed E-state index contributed by atoms with van der Waals surface area (Å²) in [5.74, 6) is -0.422. The summed E-state index contributed by atoms with van der Waals surface area (Å²) in [5.41, 5.74) is 2.03. The van der Waals surface area contributed by atoms with Crippen LogP contribution < -0.4 is 5.32 Å². The number of hydrogen-bond donors (Lipinski definition) is 1. The molecule has 2 heterocycles. The summed E-state index contributed by atoms with van der Waals surface area (Å²) in [7, 11) is 0. The molecule has 1 amide bonds. The Balaban J connectivity index is 1.74. The summed E-state index contributed by atoms with van der Waals surface area (Å²) in [6.07, 6.45) is -2.68. The molecule has 0 bridgehead atoms. The second kappa shape index (κ2) is 6.79. The molecule has 4 nitrogen and oxygen atoms in total. The van der Waals surface area contributed by atoms with E-state index >= 15 is 0 Å². The summed E-state index contributed by atoms with van der Waals surface area (Å²) in [4.78, 5) is 17.8. The Morgan fingerprint density at radius 2 is 1.75 bits per heavy atom. The molecule has 4 aromatic rings. The third kappa shape index (κ3) is 3.38. The van der Waals surface area contributed by atoms with Crippen LogP contribution in [-0.2, 0) is 6.18 Å². The van der Waals surface area contributed by atoms with Crippen LogP contribution in [0.4, 0.5) is 18.9 Å². The number of thiazole rings is 1. The fourth-order valence-electron chi connectivity index (χ4n) is 2.86. The Morgan fingerprint density at radius 1 is 1.07 bits per heavy atom. The van der Waals surface area contributed by atoms with E-state index < -0.39 is 17.6 Å². The van der Waals surface area contributed by atoms with Crippen LogP contribution in [0.1, 0.15) is 21.6 Å². The van der Waals surface area contributed by atoms with E-state index in [2.05, 4.69) is 10.3 Å². The maximum Gasteiger partial charge on any atom is 0.416 e. The molecule has 0 aliphatic rings. The summed E-state index contributed by atoms with van der Waals surface area (Å²) in [5, 5.41) is 4.59. The predicted octanol–water partition coefficient (Wildman–Crippen LogP) is 5.64. The Bertz CT molecular complexity index is 1140. The SMILES string of the molecule is Cc1ccc(NC(=O)c2nc3sccn3c2-c2ccc(C(F)(F)F)cc2)cc1. The Labute approximate surface area is 162 Å². The quantitative estimate of drug-likeness (QED) is 0.483. The summed E-state index contributed by atoms with van der Waals surface area (Å²) in [6, 6.07) is 12.0. The van der Waals surface area contributed by atoms with Gasteiger partial charge in [-0.25, -0.2) is 4.98 Å². The number of amides is 1. The van der Waals surface area contributed by atoms with Crippen LogP contribution in [0.25, 0.3) is 16.2 Å². The van der Waals surface area contributed by atoms with Crippen molar-refractivity contribution < 1.29 is 18.0 Å². The first-order valence-electron chi connectivity index (χ1n) is 8.34. The molecular formula is C20H14F3N3OS. The van der Waals surface area contributed by atoms with Gasteiger partial charge < -0.3 is 5.32 Å². The highest BCUT2D eigenvalue weighted by Gasteiger charge is 2.30. The van der Waals surface area contributed by atoms with Gasteiger partial charge in [0.25, 0.3) is 5.91 Å². The van der Waals surface area contributed by atoms with E-state index in [0.29, 0.717) is 21.9 Å². The fraction of sp³-hybridized carbons (Fsp3) is 0.100.